The Morgan fingerprint density at radius 1 is 1.21 bits per heavy atom. The van der Waals surface area contributed by atoms with Gasteiger partial charge in [-0.3, -0.25) is 0 Å². The third-order valence-corrected chi connectivity index (χ3v) is 5.18. The van der Waals surface area contributed by atoms with E-state index in [9.17, 15) is 26.0 Å². The van der Waals surface area contributed by atoms with E-state index in [0.29, 0.717) is 31.2 Å². The summed E-state index contributed by atoms with van der Waals surface area (Å²) in [4.78, 5) is 1.16. The van der Waals surface area contributed by atoms with Crippen LogP contribution in [0.25, 0.3) is 0 Å². The highest BCUT2D eigenvalue weighted by molar-refractivity contribution is 7.89. The molecule has 0 atom stereocenters. The average molecular weight is 369 g/mol. The van der Waals surface area contributed by atoms with Crippen LogP contribution in [0.5, 0.6) is 0 Å². The van der Waals surface area contributed by atoms with E-state index in [1.165, 1.54) is 0 Å². The number of nitrogens with zero attached hydrogens (tertiary/aromatic N) is 1. The Hall–Kier alpha value is -1.23. The van der Waals surface area contributed by atoms with Crippen molar-refractivity contribution in [2.45, 2.75) is 17.5 Å². The normalized spacial score (nSPS) is 17.2. The average Bonchev–Trinajstić information content (AvgIpc) is 2.52. The minimum Gasteiger partial charge on any atom is -0.314 e. The van der Waals surface area contributed by atoms with Crippen molar-refractivity contribution in [2.24, 2.45) is 0 Å². The van der Waals surface area contributed by atoms with Gasteiger partial charge in [0.1, 0.15) is 10.7 Å². The number of hydrogen-bond acceptors (Lipinski definition) is 4. The van der Waals surface area contributed by atoms with Crippen molar-refractivity contribution in [1.82, 2.24) is 14.9 Å². The third-order valence-electron chi connectivity index (χ3n) is 3.70. The highest BCUT2D eigenvalue weighted by Crippen LogP contribution is 2.31. The Labute approximate surface area is 138 Å². The molecule has 0 aromatic heterocycles. The summed E-state index contributed by atoms with van der Waals surface area (Å²) in [5.74, 6) is -1.21. The summed E-state index contributed by atoms with van der Waals surface area (Å²) < 4.78 is 77.8. The van der Waals surface area contributed by atoms with Crippen LogP contribution >= 0.6 is 0 Å². The molecule has 2 N–H and O–H groups in total. The number of nitrogens with one attached hydrogen (secondary N) is 2. The molecule has 0 unspecified atom stereocenters. The van der Waals surface area contributed by atoms with E-state index in [2.05, 4.69) is 14.9 Å². The summed E-state index contributed by atoms with van der Waals surface area (Å²) in [6.07, 6.45) is -4.25. The zero-order valence-electron chi connectivity index (χ0n) is 12.9. The summed E-state index contributed by atoms with van der Waals surface area (Å²) in [5, 5.41) is 3.19. The maximum Gasteiger partial charge on any atom is 0.416 e. The van der Waals surface area contributed by atoms with Gasteiger partial charge in [-0.05, 0) is 31.2 Å². The van der Waals surface area contributed by atoms with Crippen LogP contribution in [0.3, 0.4) is 0 Å². The van der Waals surface area contributed by atoms with Gasteiger partial charge < -0.3 is 10.2 Å². The Morgan fingerprint density at radius 2 is 1.88 bits per heavy atom. The molecule has 24 heavy (non-hydrogen) atoms. The standard InChI is InChI=1S/C14H19F4N3O2S/c15-12-3-2-11(14(16,17)18)10-13(12)24(22,23)20-4-1-7-21-8-5-19-6-9-21/h2-3,10,19-20H,1,4-9H2. The van der Waals surface area contributed by atoms with Crippen LogP contribution in [0.1, 0.15) is 12.0 Å². The second-order valence-electron chi connectivity index (χ2n) is 5.49. The molecule has 0 radical (unpaired) electrons. The van der Waals surface area contributed by atoms with Crippen LogP contribution in [0.4, 0.5) is 17.6 Å². The molecule has 2 rings (SSSR count). The van der Waals surface area contributed by atoms with E-state index in [1.807, 2.05) is 0 Å². The minimum absolute atomic E-state index is 0.0297. The van der Waals surface area contributed by atoms with Gasteiger partial charge in [-0.25, -0.2) is 17.5 Å². The fraction of sp³-hybridized carbons (Fsp3) is 0.571. The first-order chi connectivity index (χ1) is 11.2. The molecule has 1 aliphatic rings. The molecular formula is C14H19F4N3O2S. The molecule has 0 amide bonds. The number of hydrogen-bond donors (Lipinski definition) is 2. The molecule has 10 heteroatoms. The molecule has 1 aromatic rings. The van der Waals surface area contributed by atoms with Gasteiger partial charge in [0.2, 0.25) is 10.0 Å². The maximum absolute atomic E-state index is 13.7. The second-order valence-corrected chi connectivity index (χ2v) is 7.22. The first-order valence-electron chi connectivity index (χ1n) is 7.49. The molecule has 0 aliphatic carbocycles. The quantitative estimate of drug-likeness (QED) is 0.588. The Balaban J connectivity index is 1.97. The van der Waals surface area contributed by atoms with E-state index in [-0.39, 0.29) is 6.54 Å². The number of piperazine rings is 1. The summed E-state index contributed by atoms with van der Waals surface area (Å²) in [5.41, 5.74) is -1.20. The molecule has 0 bridgehead atoms. The largest absolute Gasteiger partial charge is 0.416 e. The monoisotopic (exact) mass is 369 g/mol. The molecule has 1 aromatic carbocycles. The van der Waals surface area contributed by atoms with Crippen molar-refractivity contribution in [2.75, 3.05) is 39.3 Å². The third kappa shape index (κ3) is 5.13. The summed E-state index contributed by atoms with van der Waals surface area (Å²) in [6, 6.07) is 1.34. The SMILES string of the molecule is O=S(=O)(NCCCN1CCNCC1)c1cc(C(F)(F)F)ccc1F. The summed E-state index contributed by atoms with van der Waals surface area (Å²) >= 11 is 0. The number of sulfonamides is 1. The van der Waals surface area contributed by atoms with Crippen molar-refractivity contribution in [3.63, 3.8) is 0 Å². The summed E-state index contributed by atoms with van der Waals surface area (Å²) in [6.45, 7) is 4.13. The highest BCUT2D eigenvalue weighted by Gasteiger charge is 2.33. The number of benzene rings is 1. The van der Waals surface area contributed by atoms with Gasteiger partial charge in [-0.1, -0.05) is 0 Å². The zero-order valence-corrected chi connectivity index (χ0v) is 13.7. The van der Waals surface area contributed by atoms with Crippen LogP contribution in [0.15, 0.2) is 23.1 Å². The van der Waals surface area contributed by atoms with E-state index < -0.39 is 32.5 Å². The fourth-order valence-corrected chi connectivity index (χ4v) is 3.58. The van der Waals surface area contributed by atoms with Crippen molar-refractivity contribution >= 4 is 10.0 Å². The van der Waals surface area contributed by atoms with Crippen molar-refractivity contribution in [1.29, 1.82) is 0 Å². The number of halogens is 4. The van der Waals surface area contributed by atoms with Gasteiger partial charge in [-0.2, -0.15) is 13.2 Å². The van der Waals surface area contributed by atoms with Crippen LogP contribution < -0.4 is 10.0 Å². The van der Waals surface area contributed by atoms with Gasteiger partial charge in [0.25, 0.3) is 0 Å². The number of alkyl halides is 3. The fourth-order valence-electron chi connectivity index (χ4n) is 2.41. The first kappa shape index (κ1) is 19.1. The van der Waals surface area contributed by atoms with Crippen LogP contribution in [-0.2, 0) is 16.2 Å². The molecule has 136 valence electrons. The zero-order chi connectivity index (χ0) is 17.8. The predicted molar refractivity (Wildman–Crippen MR) is 80.5 cm³/mol. The number of rotatable bonds is 6. The van der Waals surface area contributed by atoms with Crippen molar-refractivity contribution in [3.8, 4) is 0 Å². The topological polar surface area (TPSA) is 61.4 Å². The van der Waals surface area contributed by atoms with Gasteiger partial charge in [0.05, 0.1) is 5.56 Å². The Kier molecular flexibility index (Phi) is 6.18. The van der Waals surface area contributed by atoms with E-state index >= 15 is 0 Å². The van der Waals surface area contributed by atoms with Gasteiger partial charge in [0.15, 0.2) is 0 Å². The van der Waals surface area contributed by atoms with Gasteiger partial charge in [0, 0.05) is 32.7 Å². The predicted octanol–water partition coefficient (Wildman–Crippen LogP) is 1.42. The molecule has 1 heterocycles. The first-order valence-corrected chi connectivity index (χ1v) is 8.98. The molecule has 1 saturated heterocycles. The van der Waals surface area contributed by atoms with Crippen LogP contribution in [0, 0.1) is 5.82 Å². The summed E-state index contributed by atoms with van der Waals surface area (Å²) in [7, 11) is -4.33. The van der Waals surface area contributed by atoms with Gasteiger partial charge >= 0.3 is 6.18 Å². The lowest BCUT2D eigenvalue weighted by molar-refractivity contribution is -0.137. The van der Waals surface area contributed by atoms with Crippen LogP contribution in [0.2, 0.25) is 0 Å². The minimum atomic E-state index is -4.74. The van der Waals surface area contributed by atoms with Crippen LogP contribution in [-0.4, -0.2) is 52.6 Å². The molecule has 1 aliphatic heterocycles. The van der Waals surface area contributed by atoms with E-state index in [0.717, 1.165) is 26.2 Å². The molecule has 1 fully saturated rings. The molecule has 0 saturated carbocycles. The maximum atomic E-state index is 13.7. The van der Waals surface area contributed by atoms with Crippen molar-refractivity contribution in [3.05, 3.63) is 29.6 Å². The molecule has 5 nitrogen and oxygen atoms in total. The van der Waals surface area contributed by atoms with E-state index in [4.69, 9.17) is 0 Å². The molecule has 0 spiro atoms. The lowest BCUT2D eigenvalue weighted by Gasteiger charge is -2.27. The van der Waals surface area contributed by atoms with E-state index in [1.54, 1.807) is 0 Å². The lowest BCUT2D eigenvalue weighted by atomic mass is 10.2. The lowest BCUT2D eigenvalue weighted by Crippen LogP contribution is -2.44. The smallest absolute Gasteiger partial charge is 0.314 e. The Morgan fingerprint density at radius 3 is 2.50 bits per heavy atom. The van der Waals surface area contributed by atoms with Crippen molar-refractivity contribution < 1.29 is 26.0 Å². The highest BCUT2D eigenvalue weighted by atomic mass is 32.2. The Bertz CT molecular complexity index is 658. The van der Waals surface area contributed by atoms with Gasteiger partial charge in [-0.15, -0.1) is 0 Å². The second kappa shape index (κ2) is 7.77. The molecular weight excluding hydrogens is 350 g/mol.